The zero-order chi connectivity index (χ0) is 11.5. The number of carbonyl (C=O) groups excluding carboxylic acids is 1. The molecule has 0 spiro atoms. The van der Waals surface area contributed by atoms with Crippen LogP contribution < -0.4 is 10.6 Å². The largest absolute Gasteiger partial charge is 0.508 e. The van der Waals surface area contributed by atoms with Gasteiger partial charge in [-0.1, -0.05) is 0 Å². The fraction of sp³-hybridized carbons (Fsp3) is 0.364. The van der Waals surface area contributed by atoms with Gasteiger partial charge in [-0.3, -0.25) is 4.79 Å². The molecule has 0 saturated carbocycles. The van der Waals surface area contributed by atoms with E-state index in [0.717, 1.165) is 25.6 Å². The molecule has 0 unspecified atom stereocenters. The summed E-state index contributed by atoms with van der Waals surface area (Å²) in [5.41, 5.74) is 0.185. The molecule has 1 aliphatic heterocycles. The average Bonchev–Trinajstić information content (AvgIpc) is 2.70. The predicted octanol–water partition coefficient (Wildman–Crippen LogP) is 0.189. The van der Waals surface area contributed by atoms with Crippen LogP contribution >= 0.6 is 0 Å². The van der Waals surface area contributed by atoms with E-state index in [2.05, 4.69) is 10.6 Å². The summed E-state index contributed by atoms with van der Waals surface area (Å²) >= 11 is 0. The molecule has 1 aromatic rings. The van der Waals surface area contributed by atoms with E-state index in [1.807, 2.05) is 0 Å². The standard InChI is InChI=1S/C11H14N2O3/c14-8-1-2-9(10(15)5-8)11(16)13-7-3-4-12-6-7/h1-2,5,7,12,14-15H,3-4,6H2,(H,13,16)/t7-/m1/s1. The van der Waals surface area contributed by atoms with Crippen molar-refractivity contribution in [2.75, 3.05) is 13.1 Å². The molecule has 1 saturated heterocycles. The molecule has 1 atom stereocenters. The second-order valence-electron chi connectivity index (χ2n) is 3.86. The quantitative estimate of drug-likeness (QED) is 0.575. The first kappa shape index (κ1) is 10.8. The highest BCUT2D eigenvalue weighted by Crippen LogP contribution is 2.22. The number of rotatable bonds is 2. The second-order valence-corrected chi connectivity index (χ2v) is 3.86. The van der Waals surface area contributed by atoms with Gasteiger partial charge in [0.05, 0.1) is 5.56 Å². The molecule has 0 radical (unpaired) electrons. The van der Waals surface area contributed by atoms with E-state index in [9.17, 15) is 9.90 Å². The Morgan fingerprint density at radius 2 is 2.25 bits per heavy atom. The fourth-order valence-corrected chi connectivity index (χ4v) is 1.75. The van der Waals surface area contributed by atoms with Gasteiger partial charge in [-0.05, 0) is 25.1 Å². The molecule has 4 N–H and O–H groups in total. The Balaban J connectivity index is 2.08. The van der Waals surface area contributed by atoms with Gasteiger partial charge < -0.3 is 20.8 Å². The van der Waals surface area contributed by atoms with E-state index in [1.54, 1.807) is 0 Å². The summed E-state index contributed by atoms with van der Waals surface area (Å²) < 4.78 is 0. The Labute approximate surface area is 93.1 Å². The first-order valence-electron chi connectivity index (χ1n) is 5.20. The van der Waals surface area contributed by atoms with Crippen LogP contribution in [0.25, 0.3) is 0 Å². The van der Waals surface area contributed by atoms with Gasteiger partial charge in [0.25, 0.3) is 5.91 Å². The SMILES string of the molecule is O=C(N[C@@H]1CCNC1)c1ccc(O)cc1O. The third kappa shape index (κ3) is 2.25. The van der Waals surface area contributed by atoms with Crippen LogP contribution in [-0.4, -0.2) is 35.3 Å². The number of nitrogens with one attached hydrogen (secondary N) is 2. The van der Waals surface area contributed by atoms with Gasteiger partial charge in [-0.15, -0.1) is 0 Å². The highest BCUT2D eigenvalue weighted by molar-refractivity contribution is 5.97. The number of hydrogen-bond acceptors (Lipinski definition) is 4. The second kappa shape index (κ2) is 4.40. The highest BCUT2D eigenvalue weighted by atomic mass is 16.3. The van der Waals surface area contributed by atoms with Crippen molar-refractivity contribution in [1.29, 1.82) is 0 Å². The Morgan fingerprint density at radius 1 is 1.44 bits per heavy atom. The van der Waals surface area contributed by atoms with Crippen molar-refractivity contribution in [3.63, 3.8) is 0 Å². The average molecular weight is 222 g/mol. The fourth-order valence-electron chi connectivity index (χ4n) is 1.75. The number of aromatic hydroxyl groups is 2. The van der Waals surface area contributed by atoms with Crippen LogP contribution in [0.2, 0.25) is 0 Å². The summed E-state index contributed by atoms with van der Waals surface area (Å²) in [5, 5.41) is 24.5. The van der Waals surface area contributed by atoms with E-state index >= 15 is 0 Å². The summed E-state index contributed by atoms with van der Waals surface area (Å²) in [5.74, 6) is -0.578. The molecule has 1 aromatic carbocycles. The Hall–Kier alpha value is -1.75. The van der Waals surface area contributed by atoms with Crippen LogP contribution in [0.5, 0.6) is 11.5 Å². The lowest BCUT2D eigenvalue weighted by Crippen LogP contribution is -2.36. The van der Waals surface area contributed by atoms with Gasteiger partial charge in [-0.2, -0.15) is 0 Å². The summed E-state index contributed by atoms with van der Waals surface area (Å²) in [6.45, 7) is 1.65. The van der Waals surface area contributed by atoms with Gasteiger partial charge in [0.15, 0.2) is 0 Å². The van der Waals surface area contributed by atoms with E-state index in [1.165, 1.54) is 12.1 Å². The number of amides is 1. The maximum atomic E-state index is 11.8. The lowest BCUT2D eigenvalue weighted by molar-refractivity contribution is 0.0937. The van der Waals surface area contributed by atoms with Gasteiger partial charge in [0.1, 0.15) is 11.5 Å². The molecule has 5 nitrogen and oxygen atoms in total. The van der Waals surface area contributed by atoms with Crippen LogP contribution in [-0.2, 0) is 0 Å². The summed E-state index contributed by atoms with van der Waals surface area (Å²) in [6, 6.07) is 4.05. The number of benzene rings is 1. The first-order valence-corrected chi connectivity index (χ1v) is 5.20. The molecule has 16 heavy (non-hydrogen) atoms. The van der Waals surface area contributed by atoms with Crippen molar-refractivity contribution in [2.45, 2.75) is 12.5 Å². The van der Waals surface area contributed by atoms with E-state index < -0.39 is 0 Å². The topological polar surface area (TPSA) is 81.6 Å². The molecule has 2 rings (SSSR count). The predicted molar refractivity (Wildman–Crippen MR) is 58.5 cm³/mol. The van der Waals surface area contributed by atoms with Crippen molar-refractivity contribution < 1.29 is 15.0 Å². The Morgan fingerprint density at radius 3 is 2.88 bits per heavy atom. The zero-order valence-electron chi connectivity index (χ0n) is 8.73. The lowest BCUT2D eigenvalue weighted by Gasteiger charge is -2.12. The third-order valence-electron chi connectivity index (χ3n) is 2.62. The molecule has 1 fully saturated rings. The monoisotopic (exact) mass is 222 g/mol. The Bertz CT molecular complexity index is 400. The molecular formula is C11H14N2O3. The van der Waals surface area contributed by atoms with Crippen LogP contribution in [0, 0.1) is 0 Å². The Kier molecular flexibility index (Phi) is 2.96. The smallest absolute Gasteiger partial charge is 0.255 e. The number of phenolic OH excluding ortho intramolecular Hbond substituents is 2. The van der Waals surface area contributed by atoms with E-state index in [4.69, 9.17) is 5.11 Å². The molecule has 0 aromatic heterocycles. The van der Waals surface area contributed by atoms with E-state index in [0.29, 0.717) is 0 Å². The molecule has 0 bridgehead atoms. The van der Waals surface area contributed by atoms with Gasteiger partial charge in [0.2, 0.25) is 0 Å². The summed E-state index contributed by atoms with van der Waals surface area (Å²) in [4.78, 5) is 11.8. The maximum absolute atomic E-state index is 11.8. The van der Waals surface area contributed by atoms with Gasteiger partial charge >= 0.3 is 0 Å². The molecule has 1 heterocycles. The maximum Gasteiger partial charge on any atom is 0.255 e. The molecule has 5 heteroatoms. The summed E-state index contributed by atoms with van der Waals surface area (Å²) in [6.07, 6.45) is 0.893. The zero-order valence-corrected chi connectivity index (χ0v) is 8.73. The highest BCUT2D eigenvalue weighted by Gasteiger charge is 2.19. The normalized spacial score (nSPS) is 19.6. The van der Waals surface area contributed by atoms with Gasteiger partial charge in [0, 0.05) is 18.7 Å². The van der Waals surface area contributed by atoms with Crippen LogP contribution in [0.3, 0.4) is 0 Å². The molecule has 1 aliphatic rings. The van der Waals surface area contributed by atoms with Crippen LogP contribution in [0.4, 0.5) is 0 Å². The van der Waals surface area contributed by atoms with Gasteiger partial charge in [-0.25, -0.2) is 0 Å². The lowest BCUT2D eigenvalue weighted by atomic mass is 10.1. The number of hydrogen-bond donors (Lipinski definition) is 4. The molecule has 1 amide bonds. The van der Waals surface area contributed by atoms with Crippen molar-refractivity contribution in [3.8, 4) is 11.5 Å². The molecule has 86 valence electrons. The third-order valence-corrected chi connectivity index (χ3v) is 2.62. The van der Waals surface area contributed by atoms with Crippen molar-refractivity contribution in [1.82, 2.24) is 10.6 Å². The number of phenols is 2. The minimum absolute atomic E-state index is 0.0587. The van der Waals surface area contributed by atoms with Crippen molar-refractivity contribution >= 4 is 5.91 Å². The minimum Gasteiger partial charge on any atom is -0.508 e. The molecular weight excluding hydrogens is 208 g/mol. The summed E-state index contributed by atoms with van der Waals surface area (Å²) in [7, 11) is 0. The van der Waals surface area contributed by atoms with E-state index in [-0.39, 0.29) is 29.0 Å². The minimum atomic E-state index is -0.314. The first-order chi connectivity index (χ1) is 7.66. The number of carbonyl (C=O) groups is 1. The van der Waals surface area contributed by atoms with Crippen molar-refractivity contribution in [3.05, 3.63) is 23.8 Å². The van der Waals surface area contributed by atoms with Crippen LogP contribution in [0.1, 0.15) is 16.8 Å². The van der Waals surface area contributed by atoms with Crippen LogP contribution in [0.15, 0.2) is 18.2 Å². The molecule has 0 aliphatic carbocycles. The van der Waals surface area contributed by atoms with Crippen molar-refractivity contribution in [2.24, 2.45) is 0 Å².